The number of ether oxygens (including phenoxy) is 1. The first-order valence-corrected chi connectivity index (χ1v) is 7.17. The smallest absolute Gasteiger partial charge is 0.343 e. The van der Waals surface area contributed by atoms with E-state index in [0.717, 1.165) is 11.3 Å². The minimum absolute atomic E-state index is 0.291. The normalized spacial score (nSPS) is 10.5. The lowest BCUT2D eigenvalue weighted by Gasteiger charge is -2.06. The SMILES string of the molecule is CCOC(=O)c1cnn2c(C)cc(-c3cccc(C#N)c3)nc12. The molecular formula is C17H14N4O2. The summed E-state index contributed by atoms with van der Waals surface area (Å²) in [6, 6.07) is 11.2. The van der Waals surface area contributed by atoms with Crippen molar-refractivity contribution in [2.24, 2.45) is 0 Å². The van der Waals surface area contributed by atoms with Gasteiger partial charge in [-0.05, 0) is 32.0 Å². The molecule has 0 saturated heterocycles. The van der Waals surface area contributed by atoms with Crippen LogP contribution in [-0.4, -0.2) is 27.2 Å². The number of aryl methyl sites for hydroxylation is 1. The zero-order chi connectivity index (χ0) is 16.4. The van der Waals surface area contributed by atoms with Crippen molar-refractivity contribution in [2.75, 3.05) is 6.61 Å². The molecule has 2 aromatic heterocycles. The molecule has 3 rings (SSSR count). The molecule has 0 radical (unpaired) electrons. The number of aromatic nitrogens is 3. The van der Waals surface area contributed by atoms with Crippen LogP contribution in [0, 0.1) is 18.3 Å². The Morgan fingerprint density at radius 3 is 2.96 bits per heavy atom. The van der Waals surface area contributed by atoms with Gasteiger partial charge in [0.05, 0.1) is 30.1 Å². The molecular weight excluding hydrogens is 292 g/mol. The lowest BCUT2D eigenvalue weighted by molar-refractivity contribution is 0.0528. The fourth-order valence-electron chi connectivity index (χ4n) is 2.36. The summed E-state index contributed by atoms with van der Waals surface area (Å²) in [7, 11) is 0. The fourth-order valence-corrected chi connectivity index (χ4v) is 2.36. The second kappa shape index (κ2) is 5.89. The van der Waals surface area contributed by atoms with E-state index in [1.165, 1.54) is 6.20 Å². The molecule has 0 unspecified atom stereocenters. The summed E-state index contributed by atoms with van der Waals surface area (Å²) in [5, 5.41) is 13.2. The first-order chi connectivity index (χ1) is 11.1. The van der Waals surface area contributed by atoms with Crippen molar-refractivity contribution < 1.29 is 9.53 Å². The molecule has 0 amide bonds. The van der Waals surface area contributed by atoms with Crippen molar-refractivity contribution in [3.8, 4) is 17.3 Å². The molecule has 3 aromatic rings. The number of fused-ring (bicyclic) bond motifs is 1. The van der Waals surface area contributed by atoms with Crippen molar-refractivity contribution in [3.05, 3.63) is 53.3 Å². The zero-order valence-corrected chi connectivity index (χ0v) is 12.8. The summed E-state index contributed by atoms with van der Waals surface area (Å²) in [4.78, 5) is 16.6. The maximum absolute atomic E-state index is 12.0. The fraction of sp³-hybridized carbons (Fsp3) is 0.176. The number of hydrogen-bond acceptors (Lipinski definition) is 5. The molecule has 0 bridgehead atoms. The molecule has 0 aliphatic carbocycles. The highest BCUT2D eigenvalue weighted by atomic mass is 16.5. The summed E-state index contributed by atoms with van der Waals surface area (Å²) in [6.07, 6.45) is 1.46. The van der Waals surface area contributed by atoms with Gasteiger partial charge in [0.2, 0.25) is 0 Å². The molecule has 23 heavy (non-hydrogen) atoms. The van der Waals surface area contributed by atoms with Crippen LogP contribution in [-0.2, 0) is 4.74 Å². The number of nitrogens with zero attached hydrogens (tertiary/aromatic N) is 4. The number of esters is 1. The number of benzene rings is 1. The molecule has 0 saturated carbocycles. The molecule has 0 spiro atoms. The van der Waals surface area contributed by atoms with Crippen LogP contribution in [0.25, 0.3) is 16.9 Å². The Labute approximate surface area is 133 Å². The van der Waals surface area contributed by atoms with Crippen molar-refractivity contribution >= 4 is 11.6 Å². The van der Waals surface area contributed by atoms with E-state index in [2.05, 4.69) is 16.2 Å². The van der Waals surface area contributed by atoms with E-state index in [0.29, 0.717) is 29.1 Å². The van der Waals surface area contributed by atoms with E-state index in [1.54, 1.807) is 29.6 Å². The highest BCUT2D eigenvalue weighted by Gasteiger charge is 2.17. The predicted octanol–water partition coefficient (Wildman–Crippen LogP) is 2.75. The number of nitriles is 1. The van der Waals surface area contributed by atoms with E-state index in [1.807, 2.05) is 19.1 Å². The molecule has 1 aromatic carbocycles. The van der Waals surface area contributed by atoms with Gasteiger partial charge >= 0.3 is 5.97 Å². The highest BCUT2D eigenvalue weighted by molar-refractivity contribution is 5.95. The standard InChI is InChI=1S/C17H14N4O2/c1-3-23-17(22)14-10-19-21-11(2)7-15(20-16(14)21)13-6-4-5-12(8-13)9-18/h4-8,10H,3H2,1-2H3. The Hall–Kier alpha value is -3.20. The summed E-state index contributed by atoms with van der Waals surface area (Å²) in [5.74, 6) is -0.447. The average molecular weight is 306 g/mol. The van der Waals surface area contributed by atoms with Gasteiger partial charge in [-0.1, -0.05) is 12.1 Å². The summed E-state index contributed by atoms with van der Waals surface area (Å²) < 4.78 is 6.64. The van der Waals surface area contributed by atoms with Crippen LogP contribution in [0.3, 0.4) is 0 Å². The molecule has 0 aliphatic rings. The lowest BCUT2D eigenvalue weighted by atomic mass is 10.1. The summed E-state index contributed by atoms with van der Waals surface area (Å²) in [5.41, 5.74) is 3.65. The Balaban J connectivity index is 2.17. The minimum atomic E-state index is -0.447. The maximum atomic E-state index is 12.0. The first-order valence-electron chi connectivity index (χ1n) is 7.17. The van der Waals surface area contributed by atoms with Crippen molar-refractivity contribution in [2.45, 2.75) is 13.8 Å². The van der Waals surface area contributed by atoms with E-state index < -0.39 is 5.97 Å². The van der Waals surface area contributed by atoms with E-state index in [9.17, 15) is 4.79 Å². The quantitative estimate of drug-likeness (QED) is 0.695. The second-order valence-corrected chi connectivity index (χ2v) is 4.99. The van der Waals surface area contributed by atoms with Gasteiger partial charge in [0, 0.05) is 11.3 Å². The Kier molecular flexibility index (Phi) is 3.77. The number of hydrogen-bond donors (Lipinski definition) is 0. The Morgan fingerprint density at radius 1 is 1.39 bits per heavy atom. The van der Waals surface area contributed by atoms with E-state index in [4.69, 9.17) is 10.00 Å². The molecule has 2 heterocycles. The van der Waals surface area contributed by atoms with Crippen molar-refractivity contribution in [1.82, 2.24) is 14.6 Å². The largest absolute Gasteiger partial charge is 0.462 e. The summed E-state index contributed by atoms with van der Waals surface area (Å²) in [6.45, 7) is 3.93. The van der Waals surface area contributed by atoms with Crippen LogP contribution < -0.4 is 0 Å². The van der Waals surface area contributed by atoms with Gasteiger partial charge < -0.3 is 4.74 Å². The Morgan fingerprint density at radius 2 is 2.22 bits per heavy atom. The van der Waals surface area contributed by atoms with Crippen LogP contribution >= 0.6 is 0 Å². The molecule has 0 N–H and O–H groups in total. The number of rotatable bonds is 3. The van der Waals surface area contributed by atoms with Crippen LogP contribution in [0.15, 0.2) is 36.5 Å². The molecule has 0 fully saturated rings. The van der Waals surface area contributed by atoms with Crippen LogP contribution in [0.4, 0.5) is 0 Å². The minimum Gasteiger partial charge on any atom is -0.462 e. The van der Waals surface area contributed by atoms with Crippen molar-refractivity contribution in [3.63, 3.8) is 0 Å². The predicted molar refractivity (Wildman–Crippen MR) is 83.8 cm³/mol. The maximum Gasteiger partial charge on any atom is 0.343 e. The van der Waals surface area contributed by atoms with Crippen molar-refractivity contribution in [1.29, 1.82) is 5.26 Å². The van der Waals surface area contributed by atoms with E-state index in [-0.39, 0.29) is 0 Å². The van der Waals surface area contributed by atoms with Gasteiger partial charge in [-0.25, -0.2) is 14.3 Å². The van der Waals surface area contributed by atoms with E-state index >= 15 is 0 Å². The zero-order valence-electron chi connectivity index (χ0n) is 12.8. The monoisotopic (exact) mass is 306 g/mol. The number of carbonyl (C=O) groups is 1. The molecule has 0 atom stereocenters. The van der Waals surface area contributed by atoms with Gasteiger partial charge in [0.15, 0.2) is 5.65 Å². The summed E-state index contributed by atoms with van der Waals surface area (Å²) >= 11 is 0. The topological polar surface area (TPSA) is 80.3 Å². The Bertz CT molecular complexity index is 937. The molecule has 0 aliphatic heterocycles. The van der Waals surface area contributed by atoms with Crippen LogP contribution in [0.5, 0.6) is 0 Å². The third kappa shape index (κ3) is 2.64. The van der Waals surface area contributed by atoms with Gasteiger partial charge in [-0.2, -0.15) is 10.4 Å². The number of carbonyl (C=O) groups excluding carboxylic acids is 1. The molecule has 6 nitrogen and oxygen atoms in total. The third-order valence-electron chi connectivity index (χ3n) is 3.43. The van der Waals surface area contributed by atoms with Crippen LogP contribution in [0.2, 0.25) is 0 Å². The molecule has 6 heteroatoms. The van der Waals surface area contributed by atoms with Crippen LogP contribution in [0.1, 0.15) is 28.5 Å². The lowest BCUT2D eigenvalue weighted by Crippen LogP contribution is -2.06. The molecule has 114 valence electrons. The first kappa shape index (κ1) is 14.7. The van der Waals surface area contributed by atoms with Gasteiger partial charge in [-0.3, -0.25) is 0 Å². The highest BCUT2D eigenvalue weighted by Crippen LogP contribution is 2.22. The van der Waals surface area contributed by atoms with Gasteiger partial charge in [0.25, 0.3) is 0 Å². The van der Waals surface area contributed by atoms with Gasteiger partial charge in [-0.15, -0.1) is 0 Å². The second-order valence-electron chi connectivity index (χ2n) is 4.99. The van der Waals surface area contributed by atoms with Gasteiger partial charge in [0.1, 0.15) is 5.56 Å². The third-order valence-corrected chi connectivity index (χ3v) is 3.43. The average Bonchev–Trinajstić information content (AvgIpc) is 2.99.